The molecule has 4 N–H and O–H groups in total. The number of hydrogen-bond donors (Lipinski definition) is 3. The van der Waals surface area contributed by atoms with Crippen molar-refractivity contribution < 1.29 is 27.8 Å². The maximum Gasteiger partial charge on any atom is 0.416 e. The number of benzene rings is 2. The Morgan fingerprint density at radius 3 is 2.46 bits per heavy atom. The van der Waals surface area contributed by atoms with Crippen LogP contribution in [0.3, 0.4) is 0 Å². The normalized spacial score (nSPS) is 18.3. The summed E-state index contributed by atoms with van der Waals surface area (Å²) in [5.74, 6) is 1.84. The summed E-state index contributed by atoms with van der Waals surface area (Å²) >= 11 is 0. The summed E-state index contributed by atoms with van der Waals surface area (Å²) in [5, 5.41) is 13.2. The van der Waals surface area contributed by atoms with E-state index in [4.69, 9.17) is 10.5 Å². The van der Waals surface area contributed by atoms with Crippen LogP contribution in [-0.4, -0.2) is 53.2 Å². The third-order valence-electron chi connectivity index (χ3n) is 8.08. The van der Waals surface area contributed by atoms with E-state index >= 15 is 0 Å². The number of aromatic nitrogens is 2. The zero-order valence-corrected chi connectivity index (χ0v) is 24.1. The highest BCUT2D eigenvalue weighted by Gasteiger charge is 2.34. The number of carbonyl (C=O) groups excluding carboxylic acids is 1. The molecule has 8 nitrogen and oxygen atoms in total. The fourth-order valence-electron chi connectivity index (χ4n) is 5.91. The van der Waals surface area contributed by atoms with Gasteiger partial charge in [-0.05, 0) is 87.3 Å². The van der Waals surface area contributed by atoms with Gasteiger partial charge in [0.1, 0.15) is 17.4 Å². The summed E-state index contributed by atoms with van der Waals surface area (Å²) in [7, 11) is 3.32. The average molecular weight is 574 g/mol. The maximum atomic E-state index is 13.7. The molecule has 222 valence electrons. The van der Waals surface area contributed by atoms with Gasteiger partial charge in [-0.2, -0.15) is 13.2 Å². The van der Waals surface area contributed by atoms with E-state index in [0.29, 0.717) is 35.0 Å². The van der Waals surface area contributed by atoms with Gasteiger partial charge < -0.3 is 25.8 Å². The van der Waals surface area contributed by atoms with Crippen molar-refractivity contribution >= 4 is 28.3 Å². The fourth-order valence-corrected chi connectivity index (χ4v) is 5.91. The number of carbonyl (C=O) groups is 1. The first-order chi connectivity index (χ1) is 19.3. The Bertz CT molecular complexity index is 1420. The van der Waals surface area contributed by atoms with E-state index in [-0.39, 0.29) is 35.6 Å². The first kappa shape index (κ1) is 30.4. The number of alkyl halides is 3. The van der Waals surface area contributed by atoms with Gasteiger partial charge in [0, 0.05) is 36.7 Å². The highest BCUT2D eigenvalue weighted by molar-refractivity contribution is 5.91. The van der Waals surface area contributed by atoms with Gasteiger partial charge in [0.2, 0.25) is 5.91 Å². The third-order valence-corrected chi connectivity index (χ3v) is 8.08. The minimum absolute atomic E-state index is 0.0407. The molecule has 4 rings (SSSR count). The van der Waals surface area contributed by atoms with Crippen LogP contribution < -0.4 is 15.8 Å². The van der Waals surface area contributed by atoms with E-state index in [1.54, 1.807) is 39.0 Å². The van der Waals surface area contributed by atoms with Crippen molar-refractivity contribution in [1.82, 2.24) is 14.9 Å². The van der Waals surface area contributed by atoms with Crippen LogP contribution in [0.1, 0.15) is 72.6 Å². The summed E-state index contributed by atoms with van der Waals surface area (Å²) in [6.07, 6.45) is -1.48. The van der Waals surface area contributed by atoms with E-state index < -0.39 is 17.8 Å². The van der Waals surface area contributed by atoms with Crippen LogP contribution in [-0.2, 0) is 11.0 Å². The number of fused-ring (bicyclic) bond motifs is 1. The van der Waals surface area contributed by atoms with E-state index in [9.17, 15) is 23.1 Å². The van der Waals surface area contributed by atoms with Crippen molar-refractivity contribution in [2.45, 2.75) is 64.6 Å². The molecule has 1 saturated carbocycles. The minimum atomic E-state index is -4.52. The molecule has 1 amide bonds. The second-order valence-corrected chi connectivity index (χ2v) is 10.9. The standard InChI is InChI=1S/C30H38F3N5O3/c1-16-22(12-21(34)13-25(16)30(31,32)33)17(2)35-28-24-14-23(27(41-5)15-26(24)36-18(3)37-28)19-6-8-20(9-7-19)29(40)38(4)10-11-39/h12-15,17,19-20,39H,6-11,34H2,1-5H3,(H,35,36,37)/t17-,19?,20?/m0/s1. The topological polar surface area (TPSA) is 114 Å². The molecule has 1 heterocycles. The number of hydrogen-bond acceptors (Lipinski definition) is 7. The van der Waals surface area contributed by atoms with Crippen LogP contribution in [0.15, 0.2) is 24.3 Å². The molecule has 0 unspecified atom stereocenters. The zero-order chi connectivity index (χ0) is 30.1. The fraction of sp³-hybridized carbons (Fsp3) is 0.500. The Kier molecular flexibility index (Phi) is 8.96. The number of rotatable bonds is 8. The lowest BCUT2D eigenvalue weighted by atomic mass is 9.77. The predicted octanol–water partition coefficient (Wildman–Crippen LogP) is 5.75. The second kappa shape index (κ2) is 12.1. The molecular formula is C30H38F3N5O3. The zero-order valence-electron chi connectivity index (χ0n) is 24.1. The number of amides is 1. The summed E-state index contributed by atoms with van der Waals surface area (Å²) in [4.78, 5) is 23.5. The van der Waals surface area contributed by atoms with E-state index in [0.717, 1.165) is 42.7 Å². The van der Waals surface area contributed by atoms with Crippen molar-refractivity contribution in [2.24, 2.45) is 5.92 Å². The molecule has 3 aromatic rings. The molecule has 1 aliphatic rings. The average Bonchev–Trinajstić information content (AvgIpc) is 2.92. The van der Waals surface area contributed by atoms with Gasteiger partial charge in [-0.3, -0.25) is 4.79 Å². The van der Waals surface area contributed by atoms with Crippen LogP contribution in [0.2, 0.25) is 0 Å². The summed E-state index contributed by atoms with van der Waals surface area (Å²) in [6, 6.07) is 5.86. The second-order valence-electron chi connectivity index (χ2n) is 10.9. The number of halogens is 3. The largest absolute Gasteiger partial charge is 0.496 e. The molecule has 0 saturated heterocycles. The van der Waals surface area contributed by atoms with Gasteiger partial charge in [0.15, 0.2) is 0 Å². The quantitative estimate of drug-likeness (QED) is 0.294. The number of anilines is 2. The molecule has 11 heteroatoms. The highest BCUT2D eigenvalue weighted by atomic mass is 19.4. The van der Waals surface area contributed by atoms with Crippen molar-refractivity contribution in [1.29, 1.82) is 0 Å². The van der Waals surface area contributed by atoms with Gasteiger partial charge in [0.25, 0.3) is 0 Å². The summed E-state index contributed by atoms with van der Waals surface area (Å²) in [5.41, 5.74) is 7.33. The molecule has 0 bridgehead atoms. The number of nitrogens with zero attached hydrogens (tertiary/aromatic N) is 3. The Balaban J connectivity index is 1.66. The Morgan fingerprint density at radius 1 is 1.17 bits per heavy atom. The highest BCUT2D eigenvalue weighted by Crippen LogP contribution is 2.43. The van der Waals surface area contributed by atoms with Gasteiger partial charge >= 0.3 is 6.18 Å². The summed E-state index contributed by atoms with van der Waals surface area (Å²) < 4.78 is 46.7. The lowest BCUT2D eigenvalue weighted by Gasteiger charge is -2.31. The van der Waals surface area contributed by atoms with Crippen molar-refractivity contribution in [3.05, 3.63) is 52.3 Å². The minimum Gasteiger partial charge on any atom is -0.496 e. The van der Waals surface area contributed by atoms with Crippen LogP contribution in [0.5, 0.6) is 5.75 Å². The molecule has 1 aromatic heterocycles. The van der Waals surface area contributed by atoms with E-state index in [1.807, 2.05) is 12.1 Å². The van der Waals surface area contributed by atoms with Crippen molar-refractivity contribution in [2.75, 3.05) is 38.4 Å². The van der Waals surface area contributed by atoms with Crippen LogP contribution in [0, 0.1) is 19.8 Å². The lowest BCUT2D eigenvalue weighted by Crippen LogP contribution is -2.36. The van der Waals surface area contributed by atoms with Gasteiger partial charge in [-0.15, -0.1) is 0 Å². The van der Waals surface area contributed by atoms with Crippen LogP contribution in [0.25, 0.3) is 10.9 Å². The van der Waals surface area contributed by atoms with Crippen molar-refractivity contribution in [3.8, 4) is 5.75 Å². The first-order valence-corrected chi connectivity index (χ1v) is 13.8. The van der Waals surface area contributed by atoms with Crippen molar-refractivity contribution in [3.63, 3.8) is 0 Å². The molecule has 1 aliphatic carbocycles. The molecule has 0 spiro atoms. The van der Waals surface area contributed by atoms with Gasteiger partial charge in [0.05, 0.1) is 30.8 Å². The molecule has 2 aromatic carbocycles. The summed E-state index contributed by atoms with van der Waals surface area (Å²) in [6.45, 7) is 5.24. The molecule has 0 radical (unpaired) electrons. The number of aliphatic hydroxyl groups is 1. The Morgan fingerprint density at radius 2 is 1.85 bits per heavy atom. The predicted molar refractivity (Wildman–Crippen MR) is 153 cm³/mol. The molecule has 1 atom stereocenters. The first-order valence-electron chi connectivity index (χ1n) is 13.8. The number of nitrogen functional groups attached to an aromatic ring is 1. The SMILES string of the molecule is COc1cc2nc(C)nc(N[C@@H](C)c3cc(N)cc(C(F)(F)F)c3C)c2cc1C1CCC(C(=O)N(C)CCO)CC1. The monoisotopic (exact) mass is 573 g/mol. The van der Waals surface area contributed by atoms with Gasteiger partial charge in [-0.25, -0.2) is 9.97 Å². The van der Waals surface area contributed by atoms with Gasteiger partial charge in [-0.1, -0.05) is 0 Å². The molecular weight excluding hydrogens is 535 g/mol. The molecule has 41 heavy (non-hydrogen) atoms. The number of likely N-dealkylation sites (N-methyl/N-ethyl adjacent to an activating group) is 1. The molecule has 0 aliphatic heterocycles. The van der Waals surface area contributed by atoms with Crippen LogP contribution >= 0.6 is 0 Å². The smallest absolute Gasteiger partial charge is 0.416 e. The lowest BCUT2D eigenvalue weighted by molar-refractivity contribution is -0.138. The Hall–Kier alpha value is -3.60. The Labute approximate surface area is 238 Å². The number of aliphatic hydroxyl groups excluding tert-OH is 1. The number of aryl methyl sites for hydroxylation is 1. The van der Waals surface area contributed by atoms with E-state index in [1.165, 1.54) is 6.92 Å². The maximum absolute atomic E-state index is 13.7. The number of nitrogens with two attached hydrogens (primary N) is 1. The molecule has 1 fully saturated rings. The van der Waals surface area contributed by atoms with Crippen LogP contribution in [0.4, 0.5) is 24.7 Å². The number of nitrogens with one attached hydrogen (secondary N) is 1. The number of ether oxygens (including phenoxy) is 1. The third kappa shape index (κ3) is 6.50. The number of methoxy groups -OCH3 is 1. The van der Waals surface area contributed by atoms with E-state index in [2.05, 4.69) is 15.3 Å².